The molecular weight excluding hydrogens is 320 g/mol. The lowest BCUT2D eigenvalue weighted by Gasteiger charge is -2.25. The van der Waals surface area contributed by atoms with Crippen LogP contribution in [0, 0.1) is 0 Å². The van der Waals surface area contributed by atoms with Crippen LogP contribution in [0.3, 0.4) is 0 Å². The van der Waals surface area contributed by atoms with Crippen LogP contribution in [-0.4, -0.2) is 44.1 Å². The predicted octanol–water partition coefficient (Wildman–Crippen LogP) is 2.70. The van der Waals surface area contributed by atoms with Gasteiger partial charge in [0, 0.05) is 12.1 Å². The number of hydrogen-bond acceptors (Lipinski definition) is 5. The molecule has 6 heteroatoms. The quantitative estimate of drug-likeness (QED) is 0.245. The van der Waals surface area contributed by atoms with Crippen molar-refractivity contribution in [2.75, 3.05) is 19.6 Å². The predicted molar refractivity (Wildman–Crippen MR) is 102 cm³/mol. The monoisotopic (exact) mass is 358 g/mol. The van der Waals surface area contributed by atoms with Crippen LogP contribution >= 0.6 is 0 Å². The first kappa shape index (κ1) is 21.8. The largest absolute Gasteiger partial charge is 0.495 e. The summed E-state index contributed by atoms with van der Waals surface area (Å²) < 4.78 is 5.72. The molecule has 1 rings (SSSR count). The number of allylic oxidation sites excluding steroid dienone is 2. The van der Waals surface area contributed by atoms with E-state index in [0.29, 0.717) is 6.04 Å². The summed E-state index contributed by atoms with van der Waals surface area (Å²) in [5, 5.41) is 3.37. The molecule has 0 radical (unpaired) electrons. The third-order valence-electron chi connectivity index (χ3n) is 4.48. The Hall–Kier alpha value is -0.243. The van der Waals surface area contributed by atoms with Crippen molar-refractivity contribution in [3.63, 3.8) is 0 Å². The summed E-state index contributed by atoms with van der Waals surface area (Å²) in [5.41, 5.74) is 5.47. The molecule has 0 unspecified atom stereocenters. The Kier molecular flexibility index (Phi) is 12.7. The van der Waals surface area contributed by atoms with Gasteiger partial charge in [-0.2, -0.15) is 0 Å². The maximum Gasteiger partial charge on any atom is 0.495 e. The van der Waals surface area contributed by atoms with Crippen molar-refractivity contribution in [2.45, 2.75) is 82.8 Å². The first-order valence-electron chi connectivity index (χ1n) is 9.82. The third kappa shape index (κ3) is 12.2. The molecule has 142 valence electrons. The number of unbranched alkanes of at least 4 members (excludes halogenated alkanes) is 3. The zero-order chi connectivity index (χ0) is 17.5. The van der Waals surface area contributed by atoms with Crippen LogP contribution in [0.15, 0.2) is 12.2 Å². The van der Waals surface area contributed by atoms with Gasteiger partial charge in [0.15, 0.2) is 0 Å². The summed E-state index contributed by atoms with van der Waals surface area (Å²) in [6.45, 7) is 2.60. The highest BCUT2D eigenvalue weighted by molar-refractivity contribution is 6.57. The van der Waals surface area contributed by atoms with Gasteiger partial charge < -0.3 is 25.1 Å². The highest BCUT2D eigenvalue weighted by Crippen LogP contribution is 2.20. The molecule has 0 saturated heterocycles. The lowest BCUT2D eigenvalue weighted by molar-refractivity contribution is 0.0750. The van der Waals surface area contributed by atoms with Crippen molar-refractivity contribution in [1.82, 2.24) is 5.32 Å². The van der Waals surface area contributed by atoms with Crippen molar-refractivity contribution in [2.24, 2.45) is 5.73 Å². The molecule has 5 nitrogen and oxygen atoms in total. The molecule has 5 N–H and O–H groups in total. The minimum atomic E-state index is -3.51. The van der Waals surface area contributed by atoms with Crippen LogP contribution in [0.2, 0.25) is 6.04 Å². The van der Waals surface area contributed by atoms with E-state index in [4.69, 9.17) is 10.2 Å². The topological polar surface area (TPSA) is 87.7 Å². The number of hydrogen-bond donors (Lipinski definition) is 4. The van der Waals surface area contributed by atoms with Crippen LogP contribution in [-0.2, 0) is 4.43 Å². The fraction of sp³-hybridized carbons (Fsp3) is 0.889. The fourth-order valence-corrected chi connectivity index (χ4v) is 4.59. The van der Waals surface area contributed by atoms with Gasteiger partial charge in [0.2, 0.25) is 0 Å². The maximum atomic E-state index is 10.2. The van der Waals surface area contributed by atoms with Crippen molar-refractivity contribution >= 4 is 8.80 Å². The first-order valence-corrected chi connectivity index (χ1v) is 11.8. The van der Waals surface area contributed by atoms with Crippen molar-refractivity contribution < 1.29 is 14.0 Å². The molecular formula is C18H38N2O3Si. The highest BCUT2D eigenvalue weighted by atomic mass is 28.4. The molecule has 0 atom stereocenters. The van der Waals surface area contributed by atoms with E-state index >= 15 is 0 Å². The Morgan fingerprint density at radius 1 is 0.958 bits per heavy atom. The van der Waals surface area contributed by atoms with Gasteiger partial charge >= 0.3 is 8.80 Å². The van der Waals surface area contributed by atoms with E-state index in [-0.39, 0.29) is 6.10 Å². The van der Waals surface area contributed by atoms with E-state index in [1.165, 1.54) is 12.8 Å². The average molecular weight is 359 g/mol. The zero-order valence-corrected chi connectivity index (χ0v) is 16.2. The Labute approximate surface area is 149 Å². The number of nitrogens with one attached hydrogen (secondary N) is 1. The molecule has 0 fully saturated rings. The zero-order valence-electron chi connectivity index (χ0n) is 15.2. The highest BCUT2D eigenvalue weighted by Gasteiger charge is 2.34. The van der Waals surface area contributed by atoms with Crippen molar-refractivity contribution in [1.29, 1.82) is 0 Å². The van der Waals surface area contributed by atoms with Gasteiger partial charge in [-0.05, 0) is 77.4 Å². The molecule has 0 heterocycles. The molecule has 0 aromatic heterocycles. The van der Waals surface area contributed by atoms with Crippen LogP contribution in [0.25, 0.3) is 0 Å². The summed E-state index contributed by atoms with van der Waals surface area (Å²) >= 11 is 0. The van der Waals surface area contributed by atoms with Crippen LogP contribution < -0.4 is 11.1 Å². The second-order valence-electron chi connectivity index (χ2n) is 6.87. The normalized spacial score (nSPS) is 18.8. The van der Waals surface area contributed by atoms with E-state index in [9.17, 15) is 9.59 Å². The van der Waals surface area contributed by atoms with Gasteiger partial charge in [-0.1, -0.05) is 25.0 Å². The van der Waals surface area contributed by atoms with E-state index in [0.717, 1.165) is 77.4 Å². The molecule has 0 bridgehead atoms. The standard InChI is InChI=1S/C18H38N2O3Si/c19-14-9-5-6-10-15-20-16-11-17-24(21,22)23-18-12-7-3-1-2-4-8-13-18/h1-2,18,20-22H,3-17,19H2/b2-1-. The Morgan fingerprint density at radius 2 is 1.58 bits per heavy atom. The molecule has 0 spiro atoms. The minimum absolute atomic E-state index is 0.0158. The van der Waals surface area contributed by atoms with Crippen molar-refractivity contribution in [3.05, 3.63) is 12.2 Å². The Balaban J connectivity index is 2.07. The summed E-state index contributed by atoms with van der Waals surface area (Å²) in [4.78, 5) is 20.4. The molecule has 0 aliphatic heterocycles. The van der Waals surface area contributed by atoms with Gasteiger partial charge in [-0.15, -0.1) is 0 Å². The summed E-state index contributed by atoms with van der Waals surface area (Å²) in [6, 6.07) is 0.391. The molecule has 1 aliphatic rings. The smallest absolute Gasteiger partial charge is 0.390 e. The Morgan fingerprint density at radius 3 is 2.25 bits per heavy atom. The maximum absolute atomic E-state index is 10.2. The number of nitrogens with two attached hydrogens (primary N) is 1. The van der Waals surface area contributed by atoms with E-state index in [1.54, 1.807) is 0 Å². The molecule has 0 aromatic rings. The third-order valence-corrected chi connectivity index (χ3v) is 6.20. The summed E-state index contributed by atoms with van der Waals surface area (Å²) in [5.74, 6) is 0. The lowest BCUT2D eigenvalue weighted by atomic mass is 10.1. The van der Waals surface area contributed by atoms with Crippen LogP contribution in [0.5, 0.6) is 0 Å². The van der Waals surface area contributed by atoms with E-state index in [2.05, 4.69) is 17.5 Å². The first-order chi connectivity index (χ1) is 11.6. The molecule has 0 saturated carbocycles. The minimum Gasteiger partial charge on any atom is -0.390 e. The van der Waals surface area contributed by atoms with Gasteiger partial charge in [-0.3, -0.25) is 0 Å². The second-order valence-corrected chi connectivity index (χ2v) is 9.09. The molecule has 0 aromatic carbocycles. The van der Waals surface area contributed by atoms with Gasteiger partial charge in [-0.25, -0.2) is 0 Å². The molecule has 1 aliphatic carbocycles. The average Bonchev–Trinajstić information content (AvgIpc) is 2.67. The Bertz CT molecular complexity index is 315. The summed E-state index contributed by atoms with van der Waals surface area (Å²) in [7, 11) is -3.51. The second kappa shape index (κ2) is 14.0. The van der Waals surface area contributed by atoms with Gasteiger partial charge in [0.25, 0.3) is 0 Å². The van der Waals surface area contributed by atoms with Gasteiger partial charge in [0.05, 0.1) is 0 Å². The number of rotatable bonds is 12. The van der Waals surface area contributed by atoms with Crippen molar-refractivity contribution in [3.8, 4) is 0 Å². The molecule has 24 heavy (non-hydrogen) atoms. The van der Waals surface area contributed by atoms with E-state index in [1.807, 2.05) is 0 Å². The lowest BCUT2D eigenvalue weighted by Crippen LogP contribution is -2.43. The summed E-state index contributed by atoms with van der Waals surface area (Å²) in [6.07, 6.45) is 16.1. The fourth-order valence-electron chi connectivity index (χ4n) is 3.07. The van der Waals surface area contributed by atoms with E-state index < -0.39 is 8.80 Å². The van der Waals surface area contributed by atoms with Crippen LogP contribution in [0.4, 0.5) is 0 Å². The molecule has 0 amide bonds. The van der Waals surface area contributed by atoms with Crippen LogP contribution in [0.1, 0.15) is 70.6 Å². The SMILES string of the molecule is NCCCCCCNCCC[Si](O)(O)OC1CCC/C=C\CCC1. The van der Waals surface area contributed by atoms with Gasteiger partial charge in [0.1, 0.15) is 0 Å².